The van der Waals surface area contributed by atoms with E-state index in [-0.39, 0.29) is 17.4 Å². The van der Waals surface area contributed by atoms with Crippen LogP contribution >= 0.6 is 0 Å². The average Bonchev–Trinajstić information content (AvgIpc) is 2.82. The number of hydrogen-bond donors (Lipinski definition) is 1. The van der Waals surface area contributed by atoms with Crippen LogP contribution in [0, 0.1) is 0 Å². The molecule has 2 aromatic carbocycles. The standard InChI is InChI=1S/C24H28N2O5/c1-16(26-11-9-25-10-12-26)15-30-18-13-19(28-2)22-20(14-18)31-24(29-3)21(23(22)27)17-7-5-4-6-8-17/h4-8,13-14,16,25H,9-12,15H2,1-3H3. The summed E-state index contributed by atoms with van der Waals surface area (Å²) in [7, 11) is 3.02. The van der Waals surface area contributed by atoms with E-state index in [2.05, 4.69) is 17.1 Å². The van der Waals surface area contributed by atoms with Gasteiger partial charge in [0.1, 0.15) is 34.6 Å². The van der Waals surface area contributed by atoms with Gasteiger partial charge in [0.15, 0.2) is 0 Å². The zero-order valence-electron chi connectivity index (χ0n) is 18.1. The molecule has 2 heterocycles. The van der Waals surface area contributed by atoms with Crippen molar-refractivity contribution in [3.05, 3.63) is 52.7 Å². The highest BCUT2D eigenvalue weighted by atomic mass is 16.6. The summed E-state index contributed by atoms with van der Waals surface area (Å²) in [4.78, 5) is 15.8. The molecule has 0 radical (unpaired) electrons. The summed E-state index contributed by atoms with van der Waals surface area (Å²) in [6.45, 7) is 6.66. The summed E-state index contributed by atoms with van der Waals surface area (Å²) in [5.41, 5.74) is 1.25. The number of piperazine rings is 1. The Kier molecular flexibility index (Phi) is 6.44. The molecule has 1 aliphatic heterocycles. The van der Waals surface area contributed by atoms with Gasteiger partial charge in [0, 0.05) is 44.4 Å². The molecule has 1 fully saturated rings. The second-order valence-corrected chi connectivity index (χ2v) is 7.61. The topological polar surface area (TPSA) is 73.2 Å². The van der Waals surface area contributed by atoms with Gasteiger partial charge in [-0.15, -0.1) is 0 Å². The Balaban J connectivity index is 1.70. The first-order valence-corrected chi connectivity index (χ1v) is 10.5. The number of rotatable bonds is 7. The predicted octanol–water partition coefficient (Wildman–Crippen LogP) is 3.15. The monoisotopic (exact) mass is 424 g/mol. The maximum absolute atomic E-state index is 13.4. The third kappa shape index (κ3) is 4.38. The molecule has 1 aromatic heterocycles. The Morgan fingerprint density at radius 2 is 1.84 bits per heavy atom. The van der Waals surface area contributed by atoms with Crippen molar-refractivity contribution < 1.29 is 18.6 Å². The summed E-state index contributed by atoms with van der Waals surface area (Å²) < 4.78 is 23.0. The molecular weight excluding hydrogens is 396 g/mol. The van der Waals surface area contributed by atoms with E-state index in [0.29, 0.717) is 34.6 Å². The van der Waals surface area contributed by atoms with E-state index in [9.17, 15) is 4.79 Å². The van der Waals surface area contributed by atoms with Gasteiger partial charge >= 0.3 is 0 Å². The van der Waals surface area contributed by atoms with Crippen LogP contribution < -0.4 is 25.0 Å². The molecule has 164 valence electrons. The van der Waals surface area contributed by atoms with Gasteiger partial charge in [-0.1, -0.05) is 30.3 Å². The fraction of sp³-hybridized carbons (Fsp3) is 0.375. The fourth-order valence-electron chi connectivity index (χ4n) is 3.93. The molecule has 1 aliphatic rings. The Morgan fingerprint density at radius 1 is 1.10 bits per heavy atom. The van der Waals surface area contributed by atoms with Crippen molar-refractivity contribution in [2.24, 2.45) is 0 Å². The summed E-state index contributed by atoms with van der Waals surface area (Å²) in [5, 5.41) is 3.72. The van der Waals surface area contributed by atoms with Crippen molar-refractivity contribution in [2.45, 2.75) is 13.0 Å². The number of fused-ring (bicyclic) bond motifs is 1. The zero-order valence-corrected chi connectivity index (χ0v) is 18.1. The summed E-state index contributed by atoms with van der Waals surface area (Å²) in [6.07, 6.45) is 0. The molecule has 0 bridgehead atoms. The molecule has 7 nitrogen and oxygen atoms in total. The first-order chi connectivity index (χ1) is 15.1. The van der Waals surface area contributed by atoms with E-state index in [4.69, 9.17) is 18.6 Å². The molecule has 4 rings (SSSR count). The second kappa shape index (κ2) is 9.41. The fourth-order valence-corrected chi connectivity index (χ4v) is 3.93. The van der Waals surface area contributed by atoms with Gasteiger partial charge in [-0.3, -0.25) is 9.69 Å². The van der Waals surface area contributed by atoms with Crippen LogP contribution in [-0.2, 0) is 0 Å². The number of ether oxygens (including phenoxy) is 3. The van der Waals surface area contributed by atoms with Crippen LogP contribution in [-0.4, -0.2) is 57.9 Å². The Morgan fingerprint density at radius 3 is 2.52 bits per heavy atom. The van der Waals surface area contributed by atoms with Gasteiger partial charge in [-0.2, -0.15) is 0 Å². The minimum Gasteiger partial charge on any atom is -0.496 e. The van der Waals surface area contributed by atoms with Crippen LogP contribution in [0.15, 0.2) is 51.7 Å². The molecule has 0 spiro atoms. The Bertz CT molecular complexity index is 1090. The van der Waals surface area contributed by atoms with Crippen molar-refractivity contribution in [3.8, 4) is 28.6 Å². The average molecular weight is 424 g/mol. The van der Waals surface area contributed by atoms with E-state index >= 15 is 0 Å². The van der Waals surface area contributed by atoms with Crippen molar-refractivity contribution >= 4 is 11.0 Å². The van der Waals surface area contributed by atoms with Gasteiger partial charge in [-0.25, -0.2) is 0 Å². The Hall–Kier alpha value is -3.03. The molecule has 0 aliphatic carbocycles. The maximum atomic E-state index is 13.4. The first-order valence-electron chi connectivity index (χ1n) is 10.5. The Labute approximate surface area is 181 Å². The number of nitrogens with one attached hydrogen (secondary N) is 1. The maximum Gasteiger partial charge on any atom is 0.296 e. The first kappa shape index (κ1) is 21.2. The largest absolute Gasteiger partial charge is 0.496 e. The minimum absolute atomic E-state index is 0.164. The van der Waals surface area contributed by atoms with Crippen LogP contribution in [0.4, 0.5) is 0 Å². The van der Waals surface area contributed by atoms with Gasteiger partial charge in [-0.05, 0) is 12.5 Å². The van der Waals surface area contributed by atoms with E-state index in [0.717, 1.165) is 31.7 Å². The van der Waals surface area contributed by atoms with Crippen LogP contribution in [0.5, 0.6) is 17.4 Å². The van der Waals surface area contributed by atoms with Crippen LogP contribution in [0.3, 0.4) is 0 Å². The SMILES string of the molecule is COc1oc2cc(OCC(C)N3CCNCC3)cc(OC)c2c(=O)c1-c1ccccc1. The molecule has 1 N–H and O–H groups in total. The van der Waals surface area contributed by atoms with Crippen molar-refractivity contribution in [3.63, 3.8) is 0 Å². The quantitative estimate of drug-likeness (QED) is 0.625. The third-order valence-corrected chi connectivity index (χ3v) is 5.63. The van der Waals surface area contributed by atoms with E-state index in [1.54, 1.807) is 12.1 Å². The number of benzene rings is 2. The van der Waals surface area contributed by atoms with Gasteiger partial charge in [0.2, 0.25) is 5.43 Å². The van der Waals surface area contributed by atoms with E-state index in [1.807, 2.05) is 30.3 Å². The molecule has 1 saturated heterocycles. The van der Waals surface area contributed by atoms with Crippen LogP contribution in [0.2, 0.25) is 0 Å². The second-order valence-electron chi connectivity index (χ2n) is 7.61. The lowest BCUT2D eigenvalue weighted by Gasteiger charge is -2.32. The van der Waals surface area contributed by atoms with Crippen LogP contribution in [0.25, 0.3) is 22.1 Å². The number of methoxy groups -OCH3 is 2. The summed E-state index contributed by atoms with van der Waals surface area (Å²) in [6, 6.07) is 13.1. The molecule has 7 heteroatoms. The van der Waals surface area contributed by atoms with E-state index in [1.165, 1.54) is 14.2 Å². The van der Waals surface area contributed by atoms with Gasteiger partial charge < -0.3 is 23.9 Å². The number of nitrogens with zero attached hydrogens (tertiary/aromatic N) is 1. The molecule has 0 amide bonds. The third-order valence-electron chi connectivity index (χ3n) is 5.63. The van der Waals surface area contributed by atoms with Crippen molar-refractivity contribution in [2.75, 3.05) is 47.0 Å². The number of hydrogen-bond acceptors (Lipinski definition) is 7. The molecule has 3 aromatic rings. The minimum atomic E-state index is -0.207. The van der Waals surface area contributed by atoms with Gasteiger partial charge in [0.05, 0.1) is 14.2 Å². The van der Waals surface area contributed by atoms with E-state index < -0.39 is 0 Å². The summed E-state index contributed by atoms with van der Waals surface area (Å²) in [5.74, 6) is 1.16. The smallest absolute Gasteiger partial charge is 0.296 e. The van der Waals surface area contributed by atoms with Crippen molar-refractivity contribution in [1.82, 2.24) is 10.2 Å². The van der Waals surface area contributed by atoms with Crippen LogP contribution in [0.1, 0.15) is 6.92 Å². The molecule has 1 atom stereocenters. The molecule has 31 heavy (non-hydrogen) atoms. The lowest BCUT2D eigenvalue weighted by atomic mass is 10.0. The highest BCUT2D eigenvalue weighted by Gasteiger charge is 2.22. The zero-order chi connectivity index (χ0) is 21.8. The molecule has 1 unspecified atom stereocenters. The lowest BCUT2D eigenvalue weighted by Crippen LogP contribution is -2.49. The molecule has 0 saturated carbocycles. The normalized spacial score (nSPS) is 15.6. The highest BCUT2D eigenvalue weighted by Crippen LogP contribution is 2.36. The predicted molar refractivity (Wildman–Crippen MR) is 120 cm³/mol. The summed E-state index contributed by atoms with van der Waals surface area (Å²) >= 11 is 0. The van der Waals surface area contributed by atoms with Crippen molar-refractivity contribution in [1.29, 1.82) is 0 Å². The van der Waals surface area contributed by atoms with Gasteiger partial charge in [0.25, 0.3) is 5.95 Å². The highest BCUT2D eigenvalue weighted by molar-refractivity contribution is 5.90. The molecular formula is C24H28N2O5. The lowest BCUT2D eigenvalue weighted by molar-refractivity contribution is 0.132.